The number of rotatable bonds is 5. The Morgan fingerprint density at radius 1 is 1.03 bits per heavy atom. The minimum Gasteiger partial charge on any atom is -0.497 e. The van der Waals surface area contributed by atoms with E-state index in [2.05, 4.69) is 5.32 Å². The van der Waals surface area contributed by atoms with E-state index in [-0.39, 0.29) is 4.90 Å². The van der Waals surface area contributed by atoms with Crippen molar-refractivity contribution in [1.29, 1.82) is 0 Å². The van der Waals surface area contributed by atoms with Crippen molar-refractivity contribution in [3.05, 3.63) is 83.7 Å². The number of sulfonamides is 1. The van der Waals surface area contributed by atoms with Gasteiger partial charge in [0.2, 0.25) is 0 Å². The van der Waals surface area contributed by atoms with Crippen molar-refractivity contribution in [2.75, 3.05) is 23.3 Å². The van der Waals surface area contributed by atoms with E-state index >= 15 is 0 Å². The fourth-order valence-corrected chi connectivity index (χ4v) is 5.08. The van der Waals surface area contributed by atoms with Crippen LogP contribution in [0.25, 0.3) is 0 Å². The molecule has 160 valence electrons. The maximum absolute atomic E-state index is 13.3. The van der Waals surface area contributed by atoms with Gasteiger partial charge in [-0.3, -0.25) is 9.10 Å². The van der Waals surface area contributed by atoms with Crippen LogP contribution < -0.4 is 14.4 Å². The smallest absolute Gasteiger partial charge is 0.264 e. The van der Waals surface area contributed by atoms with Gasteiger partial charge >= 0.3 is 0 Å². The lowest BCUT2D eigenvalue weighted by atomic mass is 10.0. The van der Waals surface area contributed by atoms with Gasteiger partial charge in [0.25, 0.3) is 15.9 Å². The van der Waals surface area contributed by atoms with Crippen LogP contribution in [-0.4, -0.2) is 28.0 Å². The highest BCUT2D eigenvalue weighted by atomic mass is 32.2. The first-order valence-electron chi connectivity index (χ1n) is 9.75. The molecule has 0 unspecified atom stereocenters. The van der Waals surface area contributed by atoms with Gasteiger partial charge in [0.15, 0.2) is 0 Å². The molecule has 0 atom stereocenters. The number of fused-ring (bicyclic) bond motifs is 1. The van der Waals surface area contributed by atoms with E-state index < -0.39 is 21.7 Å². The second kappa shape index (κ2) is 8.39. The molecule has 0 radical (unpaired) electrons. The molecule has 0 aromatic heterocycles. The second-order valence-corrected chi connectivity index (χ2v) is 9.02. The minimum absolute atomic E-state index is 0.168. The van der Waals surface area contributed by atoms with Crippen LogP contribution in [-0.2, 0) is 16.4 Å². The highest BCUT2D eigenvalue weighted by molar-refractivity contribution is 7.92. The predicted octanol–water partition coefficient (Wildman–Crippen LogP) is 4.23. The summed E-state index contributed by atoms with van der Waals surface area (Å²) in [6.45, 7) is 0.344. The van der Waals surface area contributed by atoms with Crippen molar-refractivity contribution >= 4 is 27.3 Å². The van der Waals surface area contributed by atoms with Gasteiger partial charge in [-0.15, -0.1) is 0 Å². The standard InChI is InChI=1S/C23H21FN2O4S/c1-30-20-10-12-21(13-11-20)31(28,29)26-14-2-3-16-6-9-19(15-22(16)26)25-23(27)17-4-7-18(24)8-5-17/h4-13,15H,2-3,14H2,1H3,(H,25,27). The number of ether oxygens (including phenoxy) is 1. The summed E-state index contributed by atoms with van der Waals surface area (Å²) < 4.78 is 46.2. The Balaban J connectivity index is 1.64. The number of hydrogen-bond acceptors (Lipinski definition) is 4. The minimum atomic E-state index is -3.78. The van der Waals surface area contributed by atoms with E-state index in [0.717, 1.165) is 12.0 Å². The Bertz CT molecular complexity index is 1210. The molecular weight excluding hydrogens is 419 g/mol. The highest BCUT2D eigenvalue weighted by Gasteiger charge is 2.29. The summed E-state index contributed by atoms with van der Waals surface area (Å²) in [4.78, 5) is 12.6. The number of nitrogens with one attached hydrogen (secondary N) is 1. The van der Waals surface area contributed by atoms with Crippen LogP contribution >= 0.6 is 0 Å². The zero-order valence-corrected chi connectivity index (χ0v) is 17.7. The van der Waals surface area contributed by atoms with E-state index in [1.54, 1.807) is 24.3 Å². The lowest BCUT2D eigenvalue weighted by molar-refractivity contribution is 0.102. The quantitative estimate of drug-likeness (QED) is 0.644. The zero-order chi connectivity index (χ0) is 22.0. The number of benzene rings is 3. The van der Waals surface area contributed by atoms with Gasteiger partial charge in [0.1, 0.15) is 11.6 Å². The summed E-state index contributed by atoms with van der Waals surface area (Å²) >= 11 is 0. The molecule has 0 spiro atoms. The number of carbonyl (C=O) groups excluding carboxylic acids is 1. The van der Waals surface area contributed by atoms with Gasteiger partial charge in [0.05, 0.1) is 17.7 Å². The third-order valence-corrected chi connectivity index (χ3v) is 7.00. The zero-order valence-electron chi connectivity index (χ0n) is 16.8. The van der Waals surface area contributed by atoms with Crippen LogP contribution in [0.5, 0.6) is 5.75 Å². The predicted molar refractivity (Wildman–Crippen MR) is 117 cm³/mol. The Morgan fingerprint density at radius 2 is 1.74 bits per heavy atom. The molecule has 6 nitrogen and oxygen atoms in total. The molecule has 3 aromatic carbocycles. The van der Waals surface area contributed by atoms with Gasteiger partial charge in [-0.05, 0) is 79.1 Å². The van der Waals surface area contributed by atoms with Crippen molar-refractivity contribution in [2.24, 2.45) is 0 Å². The molecule has 31 heavy (non-hydrogen) atoms. The van der Waals surface area contributed by atoms with Crippen LogP contribution in [0.3, 0.4) is 0 Å². The topological polar surface area (TPSA) is 75.7 Å². The van der Waals surface area contributed by atoms with Gasteiger partial charge in [-0.2, -0.15) is 0 Å². The third kappa shape index (κ3) is 4.25. The number of carbonyl (C=O) groups is 1. The molecule has 3 aromatic rings. The average Bonchev–Trinajstić information content (AvgIpc) is 2.79. The summed E-state index contributed by atoms with van der Waals surface area (Å²) in [6, 6.07) is 16.7. The van der Waals surface area contributed by atoms with Crippen LogP contribution in [0.1, 0.15) is 22.3 Å². The molecule has 0 aliphatic carbocycles. The summed E-state index contributed by atoms with van der Waals surface area (Å²) in [5.41, 5.74) is 2.20. The summed E-state index contributed by atoms with van der Waals surface area (Å²) in [7, 11) is -2.26. The molecule has 1 aliphatic rings. The Kier molecular flexibility index (Phi) is 5.65. The molecule has 1 aliphatic heterocycles. The van der Waals surface area contributed by atoms with Crippen LogP contribution in [0.2, 0.25) is 0 Å². The monoisotopic (exact) mass is 440 g/mol. The normalized spacial score (nSPS) is 13.4. The molecule has 0 saturated carbocycles. The summed E-state index contributed by atoms with van der Waals surface area (Å²) in [5, 5.41) is 2.76. The molecule has 1 amide bonds. The fourth-order valence-electron chi connectivity index (χ4n) is 3.55. The first-order valence-corrected chi connectivity index (χ1v) is 11.2. The molecule has 8 heteroatoms. The van der Waals surface area contributed by atoms with Crippen LogP contribution in [0.4, 0.5) is 15.8 Å². The average molecular weight is 440 g/mol. The third-order valence-electron chi connectivity index (χ3n) is 5.17. The van der Waals surface area contributed by atoms with Gasteiger partial charge in [-0.1, -0.05) is 6.07 Å². The van der Waals surface area contributed by atoms with E-state index in [4.69, 9.17) is 4.74 Å². The first-order chi connectivity index (χ1) is 14.9. The Morgan fingerprint density at radius 3 is 2.42 bits per heavy atom. The Labute approximate surface area is 180 Å². The van der Waals surface area contributed by atoms with Crippen LogP contribution in [0.15, 0.2) is 71.6 Å². The van der Waals surface area contributed by atoms with Crippen molar-refractivity contribution in [2.45, 2.75) is 17.7 Å². The largest absolute Gasteiger partial charge is 0.497 e. The number of aryl methyl sites for hydroxylation is 1. The van der Waals surface area contributed by atoms with Gasteiger partial charge in [0, 0.05) is 17.8 Å². The molecule has 0 saturated heterocycles. The van der Waals surface area contributed by atoms with E-state index in [9.17, 15) is 17.6 Å². The number of methoxy groups -OCH3 is 1. The molecular formula is C23H21FN2O4S. The van der Waals surface area contributed by atoms with Crippen molar-refractivity contribution in [3.63, 3.8) is 0 Å². The molecule has 0 bridgehead atoms. The Hall–Kier alpha value is -3.39. The number of anilines is 2. The van der Waals surface area contributed by atoms with Crippen molar-refractivity contribution in [3.8, 4) is 5.75 Å². The lowest BCUT2D eigenvalue weighted by Gasteiger charge is -2.31. The SMILES string of the molecule is COc1ccc(S(=O)(=O)N2CCCc3ccc(NC(=O)c4ccc(F)cc4)cc32)cc1. The molecule has 0 fully saturated rings. The van der Waals surface area contributed by atoms with E-state index in [1.165, 1.54) is 47.8 Å². The number of amides is 1. The lowest BCUT2D eigenvalue weighted by Crippen LogP contribution is -2.35. The number of hydrogen-bond donors (Lipinski definition) is 1. The van der Waals surface area contributed by atoms with Crippen LogP contribution in [0, 0.1) is 5.82 Å². The molecule has 1 N–H and O–H groups in total. The fraction of sp³-hybridized carbons (Fsp3) is 0.174. The van der Waals surface area contributed by atoms with Crippen molar-refractivity contribution < 1.29 is 22.3 Å². The summed E-state index contributed by atoms with van der Waals surface area (Å²) in [5.74, 6) is -0.256. The van der Waals surface area contributed by atoms with Gasteiger partial charge in [-0.25, -0.2) is 12.8 Å². The van der Waals surface area contributed by atoms with Crippen molar-refractivity contribution in [1.82, 2.24) is 0 Å². The first kappa shape index (κ1) is 20.9. The molecule has 1 heterocycles. The summed E-state index contributed by atoms with van der Waals surface area (Å²) in [6.07, 6.45) is 1.44. The van der Waals surface area contributed by atoms with Gasteiger partial charge < -0.3 is 10.1 Å². The maximum Gasteiger partial charge on any atom is 0.264 e. The maximum atomic E-state index is 13.3. The van der Waals surface area contributed by atoms with E-state index in [0.29, 0.717) is 35.7 Å². The van der Waals surface area contributed by atoms with E-state index in [1.807, 2.05) is 6.07 Å². The second-order valence-electron chi connectivity index (χ2n) is 7.16. The molecule has 4 rings (SSSR count). The number of nitrogens with zero attached hydrogens (tertiary/aromatic N) is 1. The highest BCUT2D eigenvalue weighted by Crippen LogP contribution is 2.34. The number of halogens is 1.